The van der Waals surface area contributed by atoms with Gasteiger partial charge in [0, 0.05) is 12.1 Å². The van der Waals surface area contributed by atoms with Crippen LogP contribution >= 0.6 is 0 Å². The molecule has 0 spiro atoms. The summed E-state index contributed by atoms with van der Waals surface area (Å²) in [5, 5.41) is 3.15. The van der Waals surface area contributed by atoms with Gasteiger partial charge in [-0.2, -0.15) is 0 Å². The number of likely N-dealkylation sites (N-methyl/N-ethyl adjacent to an activating group) is 1. The van der Waals surface area contributed by atoms with Crippen molar-refractivity contribution in [1.82, 2.24) is 5.32 Å². The minimum atomic E-state index is 0.118. The smallest absolute Gasteiger partial charge is 0.0280 e. The molecular weight excluding hydrogens is 124 g/mol. The zero-order valence-electron chi connectivity index (χ0n) is 6.82. The lowest BCUT2D eigenvalue weighted by molar-refractivity contribution is 0.290. The van der Waals surface area contributed by atoms with Crippen molar-refractivity contribution in [3.05, 3.63) is 0 Å². The molecule has 0 aliphatic heterocycles. The van der Waals surface area contributed by atoms with Gasteiger partial charge in [-0.25, -0.2) is 0 Å². The van der Waals surface area contributed by atoms with Crippen molar-refractivity contribution in [2.24, 2.45) is 5.73 Å². The second-order valence-electron chi connectivity index (χ2n) is 3.45. The summed E-state index contributed by atoms with van der Waals surface area (Å²) in [6, 6.07) is 0. The first-order chi connectivity index (χ1) is 4.77. The van der Waals surface area contributed by atoms with Gasteiger partial charge in [-0.1, -0.05) is 19.3 Å². The molecule has 1 rings (SSSR count). The second-order valence-corrected chi connectivity index (χ2v) is 3.45. The van der Waals surface area contributed by atoms with E-state index >= 15 is 0 Å². The Kier molecular flexibility index (Phi) is 2.69. The first-order valence-corrected chi connectivity index (χ1v) is 4.20. The first-order valence-electron chi connectivity index (χ1n) is 4.20. The lowest BCUT2D eigenvalue weighted by Crippen LogP contribution is -2.49. The quantitative estimate of drug-likeness (QED) is 0.600. The normalized spacial score (nSPS) is 24.6. The summed E-state index contributed by atoms with van der Waals surface area (Å²) in [5.41, 5.74) is 6.23. The van der Waals surface area contributed by atoms with Crippen LogP contribution < -0.4 is 11.1 Å². The number of nitrogens with one attached hydrogen (secondary N) is 1. The molecule has 2 nitrogen and oxygen atoms in total. The van der Waals surface area contributed by atoms with Crippen LogP contribution in [0.4, 0.5) is 0 Å². The Morgan fingerprint density at radius 2 is 1.90 bits per heavy atom. The lowest BCUT2D eigenvalue weighted by atomic mass is 9.83. The third-order valence-electron chi connectivity index (χ3n) is 2.38. The van der Waals surface area contributed by atoms with Gasteiger partial charge in [0.15, 0.2) is 0 Å². The van der Waals surface area contributed by atoms with E-state index in [4.69, 9.17) is 5.73 Å². The van der Waals surface area contributed by atoms with E-state index in [1.54, 1.807) is 0 Å². The van der Waals surface area contributed by atoms with Crippen molar-refractivity contribution in [3.8, 4) is 0 Å². The maximum absolute atomic E-state index is 6.11. The molecular formula is C8H18N2. The Morgan fingerprint density at radius 1 is 1.30 bits per heavy atom. The molecule has 1 aliphatic rings. The molecule has 60 valence electrons. The van der Waals surface area contributed by atoms with Crippen LogP contribution in [0.5, 0.6) is 0 Å². The molecule has 10 heavy (non-hydrogen) atoms. The Morgan fingerprint density at radius 3 is 2.40 bits per heavy atom. The van der Waals surface area contributed by atoms with Crippen molar-refractivity contribution < 1.29 is 0 Å². The van der Waals surface area contributed by atoms with Crippen molar-refractivity contribution in [2.45, 2.75) is 37.6 Å². The van der Waals surface area contributed by atoms with Gasteiger partial charge in [-0.05, 0) is 19.9 Å². The second kappa shape index (κ2) is 3.35. The highest BCUT2D eigenvalue weighted by Crippen LogP contribution is 2.24. The summed E-state index contributed by atoms with van der Waals surface area (Å²) < 4.78 is 0. The number of rotatable bonds is 2. The highest BCUT2D eigenvalue weighted by molar-refractivity contribution is 4.88. The van der Waals surface area contributed by atoms with Crippen molar-refractivity contribution >= 4 is 0 Å². The SMILES string of the molecule is CNCC1(N)CCCCC1. The van der Waals surface area contributed by atoms with E-state index in [0.717, 1.165) is 6.54 Å². The Labute approximate surface area is 63.2 Å². The van der Waals surface area contributed by atoms with E-state index < -0.39 is 0 Å². The average molecular weight is 142 g/mol. The highest BCUT2D eigenvalue weighted by atomic mass is 14.9. The topological polar surface area (TPSA) is 38.0 Å². The van der Waals surface area contributed by atoms with Crippen molar-refractivity contribution in [2.75, 3.05) is 13.6 Å². The molecule has 0 aromatic heterocycles. The fourth-order valence-corrected chi connectivity index (χ4v) is 1.78. The van der Waals surface area contributed by atoms with Crippen LogP contribution in [-0.2, 0) is 0 Å². The first kappa shape index (κ1) is 8.02. The Balaban J connectivity index is 2.32. The zero-order valence-corrected chi connectivity index (χ0v) is 6.82. The molecule has 0 atom stereocenters. The van der Waals surface area contributed by atoms with Crippen LogP contribution in [0, 0.1) is 0 Å². The van der Waals surface area contributed by atoms with E-state index in [1.807, 2.05) is 7.05 Å². The molecule has 1 fully saturated rings. The van der Waals surface area contributed by atoms with Gasteiger partial charge in [0.25, 0.3) is 0 Å². The van der Waals surface area contributed by atoms with E-state index in [0.29, 0.717) is 0 Å². The maximum atomic E-state index is 6.11. The van der Waals surface area contributed by atoms with E-state index in [2.05, 4.69) is 5.32 Å². The van der Waals surface area contributed by atoms with Gasteiger partial charge < -0.3 is 11.1 Å². The van der Waals surface area contributed by atoms with E-state index in [1.165, 1.54) is 32.1 Å². The maximum Gasteiger partial charge on any atom is 0.0280 e. The van der Waals surface area contributed by atoms with Gasteiger partial charge in [0.2, 0.25) is 0 Å². The standard InChI is InChI=1S/C8H18N2/c1-10-7-8(9)5-3-2-4-6-8/h10H,2-7,9H2,1H3. The summed E-state index contributed by atoms with van der Waals surface area (Å²) in [5.74, 6) is 0. The third kappa shape index (κ3) is 1.96. The van der Waals surface area contributed by atoms with Gasteiger partial charge in [0.1, 0.15) is 0 Å². The Bertz CT molecular complexity index is 89.9. The molecule has 3 N–H and O–H groups in total. The van der Waals surface area contributed by atoms with Gasteiger partial charge in [-0.3, -0.25) is 0 Å². The average Bonchev–Trinajstić information content (AvgIpc) is 1.89. The lowest BCUT2D eigenvalue weighted by Gasteiger charge is -2.33. The molecule has 0 unspecified atom stereocenters. The fraction of sp³-hybridized carbons (Fsp3) is 1.00. The third-order valence-corrected chi connectivity index (χ3v) is 2.38. The van der Waals surface area contributed by atoms with Crippen LogP contribution in [-0.4, -0.2) is 19.1 Å². The number of hydrogen-bond donors (Lipinski definition) is 2. The van der Waals surface area contributed by atoms with Gasteiger partial charge in [0.05, 0.1) is 0 Å². The highest BCUT2D eigenvalue weighted by Gasteiger charge is 2.25. The molecule has 0 aromatic carbocycles. The molecule has 0 radical (unpaired) electrons. The van der Waals surface area contributed by atoms with Crippen LogP contribution in [0.15, 0.2) is 0 Å². The minimum Gasteiger partial charge on any atom is -0.324 e. The zero-order chi connectivity index (χ0) is 7.45. The predicted octanol–water partition coefficient (Wildman–Crippen LogP) is 0.867. The summed E-state index contributed by atoms with van der Waals surface area (Å²) in [7, 11) is 1.98. The van der Waals surface area contributed by atoms with Gasteiger partial charge >= 0.3 is 0 Å². The molecule has 0 saturated heterocycles. The Hall–Kier alpha value is -0.0800. The molecule has 2 heteroatoms. The molecule has 0 aromatic rings. The van der Waals surface area contributed by atoms with Crippen LogP contribution in [0.25, 0.3) is 0 Å². The van der Waals surface area contributed by atoms with E-state index in [-0.39, 0.29) is 5.54 Å². The van der Waals surface area contributed by atoms with Crippen molar-refractivity contribution in [3.63, 3.8) is 0 Å². The summed E-state index contributed by atoms with van der Waals surface area (Å²) in [4.78, 5) is 0. The molecule has 1 aliphatic carbocycles. The monoisotopic (exact) mass is 142 g/mol. The van der Waals surface area contributed by atoms with Crippen LogP contribution in [0.2, 0.25) is 0 Å². The molecule has 0 bridgehead atoms. The summed E-state index contributed by atoms with van der Waals surface area (Å²) >= 11 is 0. The fourth-order valence-electron chi connectivity index (χ4n) is 1.78. The summed E-state index contributed by atoms with van der Waals surface area (Å²) in [6.45, 7) is 0.979. The minimum absolute atomic E-state index is 0.118. The molecule has 0 heterocycles. The van der Waals surface area contributed by atoms with Crippen LogP contribution in [0.3, 0.4) is 0 Å². The van der Waals surface area contributed by atoms with Crippen molar-refractivity contribution in [1.29, 1.82) is 0 Å². The molecule has 0 amide bonds. The summed E-state index contributed by atoms with van der Waals surface area (Å²) in [6.07, 6.45) is 6.42. The molecule has 1 saturated carbocycles. The number of nitrogens with two attached hydrogens (primary N) is 1. The van der Waals surface area contributed by atoms with Crippen LogP contribution in [0.1, 0.15) is 32.1 Å². The van der Waals surface area contributed by atoms with E-state index in [9.17, 15) is 0 Å². The largest absolute Gasteiger partial charge is 0.324 e. The van der Waals surface area contributed by atoms with Gasteiger partial charge in [-0.15, -0.1) is 0 Å². The predicted molar refractivity (Wildman–Crippen MR) is 43.9 cm³/mol. The number of hydrogen-bond acceptors (Lipinski definition) is 2.